The fourth-order valence-electron chi connectivity index (χ4n) is 0.909. The third kappa shape index (κ3) is 8.15. The lowest BCUT2D eigenvalue weighted by Crippen LogP contribution is -1.93. The SMILES string of the molecule is CCCCCCCS(C)=O. The van der Waals surface area contributed by atoms with Crippen LogP contribution >= 0.6 is 0 Å². The van der Waals surface area contributed by atoms with Gasteiger partial charge in [0.05, 0.1) is 0 Å². The van der Waals surface area contributed by atoms with Crippen molar-refractivity contribution in [1.82, 2.24) is 0 Å². The Bertz CT molecular complexity index is 91.3. The van der Waals surface area contributed by atoms with Crippen molar-refractivity contribution in [2.45, 2.75) is 39.0 Å². The van der Waals surface area contributed by atoms with E-state index in [2.05, 4.69) is 6.92 Å². The Morgan fingerprint density at radius 3 is 2.20 bits per heavy atom. The van der Waals surface area contributed by atoms with E-state index in [4.69, 9.17) is 0 Å². The minimum Gasteiger partial charge on any atom is -0.260 e. The quantitative estimate of drug-likeness (QED) is 0.548. The molecule has 0 bridgehead atoms. The first kappa shape index (κ1) is 10.2. The molecule has 0 aliphatic carbocycles. The highest BCUT2D eigenvalue weighted by Gasteiger charge is 1.90. The fourth-order valence-corrected chi connectivity index (χ4v) is 1.52. The van der Waals surface area contributed by atoms with Crippen LogP contribution in [0.4, 0.5) is 0 Å². The predicted molar refractivity (Wildman–Crippen MR) is 47.7 cm³/mol. The van der Waals surface area contributed by atoms with Gasteiger partial charge in [0.1, 0.15) is 0 Å². The molecular formula is C8H18OS. The molecule has 0 aromatic heterocycles. The van der Waals surface area contributed by atoms with E-state index in [0.29, 0.717) is 0 Å². The molecule has 1 atom stereocenters. The lowest BCUT2D eigenvalue weighted by Gasteiger charge is -1.96. The normalized spacial score (nSPS) is 13.4. The Labute approximate surface area is 66.7 Å². The maximum Gasteiger partial charge on any atom is 0.0232 e. The molecule has 0 radical (unpaired) electrons. The molecule has 0 N–H and O–H groups in total. The molecule has 0 aliphatic heterocycles. The van der Waals surface area contributed by atoms with Crippen molar-refractivity contribution >= 4 is 10.8 Å². The molecule has 0 heterocycles. The van der Waals surface area contributed by atoms with Crippen molar-refractivity contribution < 1.29 is 4.21 Å². The molecule has 0 saturated heterocycles. The Kier molecular flexibility index (Phi) is 7.37. The highest BCUT2D eigenvalue weighted by atomic mass is 32.2. The lowest BCUT2D eigenvalue weighted by atomic mass is 10.2. The van der Waals surface area contributed by atoms with E-state index in [9.17, 15) is 4.21 Å². The zero-order valence-corrected chi connectivity index (χ0v) is 7.88. The average Bonchev–Trinajstić information content (AvgIpc) is 1.87. The van der Waals surface area contributed by atoms with Crippen LogP contribution in [0, 0.1) is 0 Å². The minimum atomic E-state index is -0.571. The lowest BCUT2D eigenvalue weighted by molar-refractivity contribution is 0.649. The molecule has 0 fully saturated rings. The van der Waals surface area contributed by atoms with E-state index in [1.807, 2.05) is 0 Å². The number of hydrogen-bond donors (Lipinski definition) is 0. The second-order valence-corrected chi connectivity index (χ2v) is 4.25. The maximum absolute atomic E-state index is 10.6. The monoisotopic (exact) mass is 162 g/mol. The van der Waals surface area contributed by atoms with Gasteiger partial charge in [0.15, 0.2) is 0 Å². The molecule has 0 rings (SSSR count). The van der Waals surface area contributed by atoms with Gasteiger partial charge < -0.3 is 0 Å². The van der Waals surface area contributed by atoms with Crippen LogP contribution in [0.3, 0.4) is 0 Å². The molecule has 0 aliphatic rings. The molecule has 0 aromatic rings. The van der Waals surface area contributed by atoms with Gasteiger partial charge in [0.2, 0.25) is 0 Å². The molecule has 0 aromatic carbocycles. The first-order chi connectivity index (χ1) is 4.77. The van der Waals surface area contributed by atoms with Gasteiger partial charge in [-0.25, -0.2) is 0 Å². The third-order valence-corrected chi connectivity index (χ3v) is 2.40. The summed E-state index contributed by atoms with van der Waals surface area (Å²) in [6.45, 7) is 2.21. The van der Waals surface area contributed by atoms with Gasteiger partial charge in [-0.1, -0.05) is 32.6 Å². The van der Waals surface area contributed by atoms with E-state index in [0.717, 1.165) is 12.2 Å². The molecular weight excluding hydrogens is 144 g/mol. The first-order valence-electron chi connectivity index (χ1n) is 4.07. The van der Waals surface area contributed by atoms with Gasteiger partial charge in [-0.2, -0.15) is 0 Å². The van der Waals surface area contributed by atoms with Crippen LogP contribution < -0.4 is 0 Å². The average molecular weight is 162 g/mol. The number of rotatable bonds is 6. The fraction of sp³-hybridized carbons (Fsp3) is 1.00. The molecule has 1 nitrogen and oxygen atoms in total. The molecule has 10 heavy (non-hydrogen) atoms. The highest BCUT2D eigenvalue weighted by Crippen LogP contribution is 2.02. The van der Waals surface area contributed by atoms with Crippen LogP contribution in [-0.4, -0.2) is 16.2 Å². The Morgan fingerprint density at radius 2 is 1.70 bits per heavy atom. The van der Waals surface area contributed by atoms with Gasteiger partial charge in [-0.15, -0.1) is 0 Å². The van der Waals surface area contributed by atoms with Gasteiger partial charge in [0, 0.05) is 22.8 Å². The van der Waals surface area contributed by atoms with Gasteiger partial charge in [-0.3, -0.25) is 4.21 Å². The molecule has 2 heteroatoms. The molecule has 1 unspecified atom stereocenters. The van der Waals surface area contributed by atoms with E-state index in [-0.39, 0.29) is 0 Å². The summed E-state index contributed by atoms with van der Waals surface area (Å²) in [7, 11) is -0.571. The van der Waals surface area contributed by atoms with Crippen LogP contribution in [-0.2, 0) is 10.8 Å². The summed E-state index contributed by atoms with van der Waals surface area (Å²) in [6, 6.07) is 0. The summed E-state index contributed by atoms with van der Waals surface area (Å²) >= 11 is 0. The number of unbranched alkanes of at least 4 members (excludes halogenated alkanes) is 4. The summed E-state index contributed by atoms with van der Waals surface area (Å²) in [5, 5.41) is 0. The van der Waals surface area contributed by atoms with Gasteiger partial charge in [-0.05, 0) is 6.42 Å². The van der Waals surface area contributed by atoms with Gasteiger partial charge in [0.25, 0.3) is 0 Å². The summed E-state index contributed by atoms with van der Waals surface area (Å²) in [5.41, 5.74) is 0. The van der Waals surface area contributed by atoms with Crippen molar-refractivity contribution in [2.24, 2.45) is 0 Å². The second kappa shape index (κ2) is 7.26. The smallest absolute Gasteiger partial charge is 0.0232 e. The van der Waals surface area contributed by atoms with Crippen LogP contribution in [0.25, 0.3) is 0 Å². The topological polar surface area (TPSA) is 17.1 Å². The Hall–Kier alpha value is 0.150. The van der Waals surface area contributed by atoms with Crippen molar-refractivity contribution in [3.63, 3.8) is 0 Å². The van der Waals surface area contributed by atoms with Crippen LogP contribution in [0.15, 0.2) is 0 Å². The summed E-state index contributed by atoms with van der Waals surface area (Å²) in [5.74, 6) is 0.893. The van der Waals surface area contributed by atoms with Crippen molar-refractivity contribution in [3.8, 4) is 0 Å². The Balaban J connectivity index is 2.84. The zero-order valence-electron chi connectivity index (χ0n) is 7.06. The standard InChI is InChI=1S/C8H18OS/c1-3-4-5-6-7-8-10(2)9/h3-8H2,1-2H3. The van der Waals surface area contributed by atoms with E-state index < -0.39 is 10.8 Å². The van der Waals surface area contributed by atoms with Crippen molar-refractivity contribution in [2.75, 3.05) is 12.0 Å². The van der Waals surface area contributed by atoms with Crippen molar-refractivity contribution in [3.05, 3.63) is 0 Å². The van der Waals surface area contributed by atoms with E-state index in [1.54, 1.807) is 6.26 Å². The predicted octanol–water partition coefficient (Wildman–Crippen LogP) is 2.34. The molecule has 0 spiro atoms. The Morgan fingerprint density at radius 1 is 1.10 bits per heavy atom. The second-order valence-electron chi connectivity index (χ2n) is 2.69. The molecule has 62 valence electrons. The van der Waals surface area contributed by atoms with E-state index in [1.165, 1.54) is 25.7 Å². The number of hydrogen-bond acceptors (Lipinski definition) is 1. The molecule has 0 amide bonds. The van der Waals surface area contributed by atoms with Crippen LogP contribution in [0.1, 0.15) is 39.0 Å². The van der Waals surface area contributed by atoms with Crippen LogP contribution in [0.2, 0.25) is 0 Å². The van der Waals surface area contributed by atoms with Gasteiger partial charge >= 0.3 is 0 Å². The summed E-state index contributed by atoms with van der Waals surface area (Å²) in [4.78, 5) is 0. The maximum atomic E-state index is 10.6. The van der Waals surface area contributed by atoms with Crippen LogP contribution in [0.5, 0.6) is 0 Å². The van der Waals surface area contributed by atoms with E-state index >= 15 is 0 Å². The third-order valence-electron chi connectivity index (χ3n) is 1.54. The van der Waals surface area contributed by atoms with Crippen molar-refractivity contribution in [1.29, 1.82) is 0 Å². The highest BCUT2D eigenvalue weighted by molar-refractivity contribution is 7.84. The molecule has 0 saturated carbocycles. The largest absolute Gasteiger partial charge is 0.260 e. The minimum absolute atomic E-state index is 0.571. The first-order valence-corrected chi connectivity index (χ1v) is 5.80. The summed E-state index contributed by atoms with van der Waals surface area (Å²) in [6.07, 6.45) is 8.11. The zero-order chi connectivity index (χ0) is 7.82. The summed E-state index contributed by atoms with van der Waals surface area (Å²) < 4.78 is 10.6.